The molecule has 0 aliphatic carbocycles. The number of carbonyl (C=O) groups is 5. The van der Waals surface area contributed by atoms with Crippen LogP contribution in [0.5, 0.6) is 11.5 Å². The fourth-order valence-electron chi connectivity index (χ4n) is 4.64. The van der Waals surface area contributed by atoms with Crippen LogP contribution in [0.4, 0.5) is 11.4 Å². The third kappa shape index (κ3) is 5.04. The van der Waals surface area contributed by atoms with Crippen LogP contribution in [0.2, 0.25) is 0 Å². The Morgan fingerprint density at radius 3 is 1.58 bits per heavy atom. The predicted octanol–water partition coefficient (Wildman–Crippen LogP) is 3.89. The molecule has 2 aliphatic heterocycles. The Hall–Kier alpha value is -6.28. The summed E-state index contributed by atoms with van der Waals surface area (Å²) in [4.78, 5) is 60.6. The summed E-state index contributed by atoms with van der Waals surface area (Å²) < 4.78 is 36.5. The van der Waals surface area contributed by atoms with Crippen LogP contribution < -0.4 is 10.6 Å². The number of rotatable bonds is 6. The number of anilines is 2. The van der Waals surface area contributed by atoms with Crippen molar-refractivity contribution in [2.24, 2.45) is 0 Å². The van der Waals surface area contributed by atoms with E-state index in [0.29, 0.717) is 5.56 Å². The number of sulfone groups is 1. The molecule has 0 spiro atoms. The smallest absolute Gasteiger partial charge is 0.346 e. The Balaban J connectivity index is 1.25. The van der Waals surface area contributed by atoms with Crippen LogP contribution in [0.15, 0.2) is 89.2 Å². The molecule has 0 saturated carbocycles. The second-order valence-electron chi connectivity index (χ2n) is 9.78. The molecule has 0 bridgehead atoms. The molecule has 0 saturated heterocycles. The van der Waals surface area contributed by atoms with Crippen molar-refractivity contribution in [3.8, 4) is 11.5 Å². The van der Waals surface area contributed by atoms with E-state index in [-0.39, 0.29) is 54.7 Å². The van der Waals surface area contributed by atoms with E-state index in [2.05, 4.69) is 21.9 Å². The number of nitrogens with one attached hydrogen (secondary N) is 2. The van der Waals surface area contributed by atoms with Gasteiger partial charge in [-0.1, -0.05) is 6.58 Å². The first-order valence-corrected chi connectivity index (χ1v) is 14.3. The molecule has 2 amide bonds. The summed E-state index contributed by atoms with van der Waals surface area (Å²) in [6.07, 6.45) is 0. The van der Waals surface area contributed by atoms with E-state index in [1.807, 2.05) is 0 Å². The minimum atomic E-state index is -4.36. The highest BCUT2D eigenvalue weighted by Gasteiger charge is 2.31. The third-order valence-electron chi connectivity index (χ3n) is 6.98. The average Bonchev–Trinajstić information content (AvgIpc) is 3.46. The number of ether oxygens (including phenoxy) is 2. The number of aromatic hydroxyl groups is 2. The van der Waals surface area contributed by atoms with Gasteiger partial charge in [0.15, 0.2) is 0 Å². The van der Waals surface area contributed by atoms with E-state index in [9.17, 15) is 42.6 Å². The first kappa shape index (κ1) is 28.8. The van der Waals surface area contributed by atoms with Crippen LogP contribution in [0.1, 0.15) is 57.4 Å². The van der Waals surface area contributed by atoms with E-state index in [0.717, 1.165) is 42.5 Å². The van der Waals surface area contributed by atoms with Crippen molar-refractivity contribution in [2.75, 3.05) is 10.6 Å². The molecule has 4 aromatic carbocycles. The van der Waals surface area contributed by atoms with Crippen molar-refractivity contribution in [1.29, 1.82) is 0 Å². The van der Waals surface area contributed by atoms with Crippen LogP contribution in [0.3, 0.4) is 0 Å². The predicted molar refractivity (Wildman–Crippen MR) is 155 cm³/mol. The number of hydrogen-bond donors (Lipinski definition) is 4. The lowest BCUT2D eigenvalue weighted by atomic mass is 10.0. The molecule has 6 rings (SSSR count). The summed E-state index contributed by atoms with van der Waals surface area (Å²) in [5.41, 5.74) is -0.174. The van der Waals surface area contributed by atoms with Gasteiger partial charge < -0.3 is 30.3 Å². The number of phenols is 2. The molecular formula is C31H18N2O11S. The molecule has 45 heavy (non-hydrogen) atoms. The maximum atomic E-state index is 13.5. The molecule has 224 valence electrons. The summed E-state index contributed by atoms with van der Waals surface area (Å²) in [6.45, 7) is 3.62. The zero-order valence-corrected chi connectivity index (χ0v) is 23.4. The number of esters is 3. The average molecular weight is 627 g/mol. The SMILES string of the molecule is C=C1OC(=O)c2cc(C(=O)Nc3cc(S(=O)(=O)c4ccc(O)c(NC(=O)c5ccc6c(c5)C(=O)OC6=O)c4)ccc3O)ccc21. The highest BCUT2D eigenvalue weighted by atomic mass is 32.2. The van der Waals surface area contributed by atoms with Crippen LogP contribution in [-0.4, -0.2) is 48.4 Å². The normalized spacial score (nSPS) is 13.5. The van der Waals surface area contributed by atoms with Crippen molar-refractivity contribution in [2.45, 2.75) is 9.79 Å². The van der Waals surface area contributed by atoms with Gasteiger partial charge in [0.1, 0.15) is 17.3 Å². The highest BCUT2D eigenvalue weighted by molar-refractivity contribution is 7.91. The topological polar surface area (TPSA) is 202 Å². The highest BCUT2D eigenvalue weighted by Crippen LogP contribution is 2.34. The Morgan fingerprint density at radius 2 is 1.04 bits per heavy atom. The summed E-state index contributed by atoms with van der Waals surface area (Å²) in [6, 6.07) is 14.0. The first-order valence-electron chi connectivity index (χ1n) is 12.8. The molecule has 14 heteroatoms. The summed E-state index contributed by atoms with van der Waals surface area (Å²) in [5, 5.41) is 25.5. The molecular weight excluding hydrogens is 608 g/mol. The van der Waals surface area contributed by atoms with Crippen molar-refractivity contribution in [3.05, 3.63) is 113 Å². The number of fused-ring (bicyclic) bond motifs is 2. The molecule has 0 unspecified atom stereocenters. The molecule has 13 nitrogen and oxygen atoms in total. The maximum absolute atomic E-state index is 13.5. The first-order chi connectivity index (χ1) is 21.3. The number of phenolic OH excluding ortho intramolecular Hbond substituents is 2. The molecule has 0 fully saturated rings. The van der Waals surface area contributed by atoms with Crippen molar-refractivity contribution >= 4 is 56.7 Å². The van der Waals surface area contributed by atoms with Crippen LogP contribution in [-0.2, 0) is 19.3 Å². The van der Waals surface area contributed by atoms with Gasteiger partial charge in [-0.15, -0.1) is 0 Å². The quantitative estimate of drug-likeness (QED) is 0.137. The number of benzene rings is 4. The summed E-state index contributed by atoms with van der Waals surface area (Å²) in [5.74, 6) is -4.82. The van der Waals surface area contributed by atoms with Crippen LogP contribution >= 0.6 is 0 Å². The van der Waals surface area contributed by atoms with E-state index < -0.39 is 51.1 Å². The Morgan fingerprint density at radius 1 is 0.600 bits per heavy atom. The third-order valence-corrected chi connectivity index (χ3v) is 8.73. The number of cyclic esters (lactones) is 3. The number of hydrogen-bond acceptors (Lipinski definition) is 11. The van der Waals surface area contributed by atoms with Gasteiger partial charge in [-0.25, -0.2) is 22.8 Å². The van der Waals surface area contributed by atoms with E-state index >= 15 is 0 Å². The maximum Gasteiger partial charge on any atom is 0.346 e. The fourth-order valence-corrected chi connectivity index (χ4v) is 5.95. The molecule has 4 N–H and O–H groups in total. The Kier molecular flexibility index (Phi) is 6.70. The van der Waals surface area contributed by atoms with Crippen LogP contribution in [0, 0.1) is 0 Å². The monoisotopic (exact) mass is 626 g/mol. The largest absolute Gasteiger partial charge is 0.506 e. The molecule has 2 heterocycles. The van der Waals surface area contributed by atoms with Crippen molar-refractivity contribution in [3.63, 3.8) is 0 Å². The summed E-state index contributed by atoms with van der Waals surface area (Å²) in [7, 11) is -4.36. The summed E-state index contributed by atoms with van der Waals surface area (Å²) >= 11 is 0. The zero-order valence-electron chi connectivity index (χ0n) is 22.6. The molecule has 0 aromatic heterocycles. The minimum Gasteiger partial charge on any atom is -0.506 e. The van der Waals surface area contributed by atoms with Gasteiger partial charge in [-0.2, -0.15) is 0 Å². The van der Waals surface area contributed by atoms with E-state index in [4.69, 9.17) is 4.74 Å². The van der Waals surface area contributed by atoms with Crippen LogP contribution in [0.25, 0.3) is 5.76 Å². The van der Waals surface area contributed by atoms with Crippen molar-refractivity contribution in [1.82, 2.24) is 0 Å². The second-order valence-corrected chi connectivity index (χ2v) is 11.7. The molecule has 2 aliphatic rings. The molecule has 0 radical (unpaired) electrons. The van der Waals surface area contributed by atoms with Gasteiger partial charge in [0.2, 0.25) is 9.84 Å². The lowest BCUT2D eigenvalue weighted by molar-refractivity contribution is 0.0442. The second kappa shape index (κ2) is 10.5. The molecule has 4 aromatic rings. The lowest BCUT2D eigenvalue weighted by Gasteiger charge is -2.13. The van der Waals surface area contributed by atoms with Gasteiger partial charge in [0.25, 0.3) is 11.8 Å². The number of amides is 2. The zero-order chi connectivity index (χ0) is 32.2. The van der Waals surface area contributed by atoms with Gasteiger partial charge in [-0.3, -0.25) is 9.59 Å². The van der Waals surface area contributed by atoms with Gasteiger partial charge in [-0.05, 0) is 72.8 Å². The van der Waals surface area contributed by atoms with Gasteiger partial charge in [0, 0.05) is 16.7 Å². The van der Waals surface area contributed by atoms with Gasteiger partial charge >= 0.3 is 17.9 Å². The van der Waals surface area contributed by atoms with E-state index in [1.165, 1.54) is 30.3 Å². The van der Waals surface area contributed by atoms with Crippen molar-refractivity contribution < 1.29 is 52.1 Å². The van der Waals surface area contributed by atoms with E-state index in [1.54, 1.807) is 0 Å². The fraction of sp³-hybridized carbons (Fsp3) is 0. The Bertz CT molecular complexity index is 2020. The van der Waals surface area contributed by atoms with Gasteiger partial charge in [0.05, 0.1) is 37.9 Å². The Labute approximate surface area is 253 Å². The number of carbonyl (C=O) groups excluding carboxylic acids is 5. The standard InChI is InChI=1S/C31H18N2O11S/c1-14-19-6-2-15(10-21(19)30(39)43-14)27(36)32-23-12-17(4-8-25(23)34)45(41,42)18-5-9-26(35)24(13-18)33-28(37)16-3-7-20-22(11-16)31(40)44-29(20)38/h2-13,34-35H,1H2,(H,32,36)(H,33,37). The lowest BCUT2D eigenvalue weighted by Crippen LogP contribution is -2.14. The molecule has 0 atom stereocenters. The minimum absolute atomic E-state index is 0.0137.